The van der Waals surface area contributed by atoms with Crippen LogP contribution in [-0.2, 0) is 20.9 Å². The molecule has 1 heterocycles. The van der Waals surface area contributed by atoms with E-state index in [9.17, 15) is 9.59 Å². The fraction of sp³-hybridized carbons (Fsp3) is 0.364. The van der Waals surface area contributed by atoms with Gasteiger partial charge in [-0.05, 0) is 41.7 Å². The molecule has 1 saturated heterocycles. The molecule has 0 aromatic heterocycles. The van der Waals surface area contributed by atoms with Crippen LogP contribution in [0.1, 0.15) is 43.7 Å². The molecule has 27 heavy (non-hydrogen) atoms. The molecule has 0 unspecified atom stereocenters. The van der Waals surface area contributed by atoms with Gasteiger partial charge in [0.15, 0.2) is 0 Å². The number of halogens is 1. The molecule has 0 saturated carbocycles. The van der Waals surface area contributed by atoms with E-state index in [1.54, 1.807) is 17.0 Å². The molecule has 1 amide bonds. The third-order valence-electron chi connectivity index (χ3n) is 5.12. The molecule has 2 aromatic rings. The minimum absolute atomic E-state index is 0.0285. The number of rotatable bonds is 6. The second-order valence-corrected chi connectivity index (χ2v) is 7.44. The van der Waals surface area contributed by atoms with E-state index in [0.717, 1.165) is 23.2 Å². The first-order valence-corrected chi connectivity index (χ1v) is 9.67. The Labute approximate surface area is 165 Å². The summed E-state index contributed by atoms with van der Waals surface area (Å²) in [6.45, 7) is 4.83. The number of nitrogens with zero attached hydrogens (tertiary/aromatic N) is 1. The third kappa shape index (κ3) is 4.51. The van der Waals surface area contributed by atoms with E-state index in [1.165, 1.54) is 0 Å². The van der Waals surface area contributed by atoms with Crippen LogP contribution >= 0.6 is 11.6 Å². The van der Waals surface area contributed by atoms with Gasteiger partial charge in [-0.15, -0.1) is 0 Å². The number of benzene rings is 2. The molecule has 2 atom stereocenters. The predicted molar refractivity (Wildman–Crippen MR) is 107 cm³/mol. The first kappa shape index (κ1) is 19.4. The van der Waals surface area contributed by atoms with Crippen molar-refractivity contribution < 1.29 is 14.3 Å². The molecule has 4 nitrogen and oxygen atoms in total. The van der Waals surface area contributed by atoms with Crippen LogP contribution in [0, 0.1) is 5.92 Å². The summed E-state index contributed by atoms with van der Waals surface area (Å²) in [4.78, 5) is 26.8. The van der Waals surface area contributed by atoms with Gasteiger partial charge in [-0.2, -0.15) is 0 Å². The standard InChI is InChI=1S/C22H24ClNO3/c1-3-15(2)19-6-4-5-7-20(19)24-13-17(12-21(24)25)22(26)27-14-16-8-10-18(23)11-9-16/h4-11,15,17H,3,12-14H2,1-2H3/t15-,17-/m1/s1. The van der Waals surface area contributed by atoms with Gasteiger partial charge >= 0.3 is 5.97 Å². The lowest BCUT2D eigenvalue weighted by Crippen LogP contribution is -2.27. The second kappa shape index (κ2) is 8.57. The van der Waals surface area contributed by atoms with Gasteiger partial charge < -0.3 is 9.64 Å². The molecule has 0 bridgehead atoms. The van der Waals surface area contributed by atoms with Crippen LogP contribution in [0.3, 0.4) is 0 Å². The number of ether oxygens (including phenoxy) is 1. The van der Waals surface area contributed by atoms with Gasteiger partial charge in [-0.3, -0.25) is 9.59 Å². The smallest absolute Gasteiger partial charge is 0.311 e. The van der Waals surface area contributed by atoms with Gasteiger partial charge in [-0.25, -0.2) is 0 Å². The summed E-state index contributed by atoms with van der Waals surface area (Å²) < 4.78 is 5.42. The van der Waals surface area contributed by atoms with Crippen LogP contribution in [0.25, 0.3) is 0 Å². The van der Waals surface area contributed by atoms with Gasteiger partial charge in [0.2, 0.25) is 5.91 Å². The highest BCUT2D eigenvalue weighted by atomic mass is 35.5. The van der Waals surface area contributed by atoms with Gasteiger partial charge in [0.25, 0.3) is 0 Å². The Balaban J connectivity index is 1.67. The third-order valence-corrected chi connectivity index (χ3v) is 5.38. The molecule has 3 rings (SSSR count). The molecule has 0 aliphatic carbocycles. The van der Waals surface area contributed by atoms with Crippen LogP contribution in [0.5, 0.6) is 0 Å². The highest BCUT2D eigenvalue weighted by Crippen LogP contribution is 2.33. The average molecular weight is 386 g/mol. The first-order valence-electron chi connectivity index (χ1n) is 9.30. The van der Waals surface area contributed by atoms with Crippen molar-refractivity contribution in [2.45, 2.75) is 39.2 Å². The van der Waals surface area contributed by atoms with Gasteiger partial charge in [0.05, 0.1) is 5.92 Å². The monoisotopic (exact) mass is 385 g/mol. The number of carbonyl (C=O) groups is 2. The molecule has 0 spiro atoms. The summed E-state index contributed by atoms with van der Waals surface area (Å²) in [5, 5.41) is 0.641. The topological polar surface area (TPSA) is 46.6 Å². The molecule has 142 valence electrons. The van der Waals surface area contributed by atoms with Crippen molar-refractivity contribution in [2.24, 2.45) is 5.92 Å². The fourth-order valence-corrected chi connectivity index (χ4v) is 3.45. The molecular formula is C22H24ClNO3. The maximum Gasteiger partial charge on any atom is 0.311 e. The zero-order valence-corrected chi connectivity index (χ0v) is 16.4. The normalized spacial score (nSPS) is 17.8. The molecule has 1 aliphatic rings. The maximum absolute atomic E-state index is 12.6. The van der Waals surface area contributed by atoms with E-state index >= 15 is 0 Å². The van der Waals surface area contributed by atoms with Gasteiger partial charge in [0.1, 0.15) is 6.61 Å². The Morgan fingerprint density at radius 3 is 2.63 bits per heavy atom. The van der Waals surface area contributed by atoms with Gasteiger partial charge in [-0.1, -0.05) is 55.8 Å². The number of amides is 1. The van der Waals surface area contributed by atoms with Crippen molar-refractivity contribution in [3.63, 3.8) is 0 Å². The quantitative estimate of drug-likeness (QED) is 0.661. The Morgan fingerprint density at radius 1 is 1.22 bits per heavy atom. The van der Waals surface area contributed by atoms with Crippen LogP contribution in [0.15, 0.2) is 48.5 Å². The molecule has 2 aromatic carbocycles. The van der Waals surface area contributed by atoms with Crippen molar-refractivity contribution in [1.82, 2.24) is 0 Å². The summed E-state index contributed by atoms with van der Waals surface area (Å²) in [6.07, 6.45) is 1.18. The summed E-state index contributed by atoms with van der Waals surface area (Å²) in [7, 11) is 0. The number of anilines is 1. The van der Waals surface area contributed by atoms with Crippen LogP contribution < -0.4 is 4.90 Å². The maximum atomic E-state index is 12.6. The summed E-state index contributed by atoms with van der Waals surface area (Å²) >= 11 is 5.86. The second-order valence-electron chi connectivity index (χ2n) is 7.01. The van der Waals surface area contributed by atoms with E-state index in [4.69, 9.17) is 16.3 Å². The predicted octanol–water partition coefficient (Wildman–Crippen LogP) is 4.95. The zero-order chi connectivity index (χ0) is 19.4. The molecule has 1 aliphatic heterocycles. The molecular weight excluding hydrogens is 362 g/mol. The van der Waals surface area contributed by atoms with Gasteiger partial charge in [0, 0.05) is 23.7 Å². The average Bonchev–Trinajstić information content (AvgIpc) is 3.08. The zero-order valence-electron chi connectivity index (χ0n) is 15.7. The molecule has 5 heteroatoms. The fourth-order valence-electron chi connectivity index (χ4n) is 3.32. The van der Waals surface area contributed by atoms with Crippen molar-refractivity contribution in [2.75, 3.05) is 11.4 Å². The SMILES string of the molecule is CC[C@@H](C)c1ccccc1N1C[C@H](C(=O)OCc2ccc(Cl)cc2)CC1=O. The number of para-hydroxylation sites is 1. The largest absolute Gasteiger partial charge is 0.461 e. The van der Waals surface area contributed by atoms with Crippen molar-refractivity contribution >= 4 is 29.2 Å². The van der Waals surface area contributed by atoms with E-state index in [1.807, 2.05) is 30.3 Å². The highest BCUT2D eigenvalue weighted by Gasteiger charge is 2.37. The molecule has 0 radical (unpaired) electrons. The molecule has 1 fully saturated rings. The van der Waals surface area contributed by atoms with Crippen LogP contribution in [0.4, 0.5) is 5.69 Å². The Hall–Kier alpha value is -2.33. The highest BCUT2D eigenvalue weighted by molar-refractivity contribution is 6.30. The van der Waals surface area contributed by atoms with Crippen molar-refractivity contribution in [1.29, 1.82) is 0 Å². The Bertz CT molecular complexity index is 819. The van der Waals surface area contributed by atoms with E-state index < -0.39 is 5.92 Å². The number of carbonyl (C=O) groups excluding carboxylic acids is 2. The van der Waals surface area contributed by atoms with Crippen LogP contribution in [0.2, 0.25) is 5.02 Å². The lowest BCUT2D eigenvalue weighted by atomic mass is 9.96. The van der Waals surface area contributed by atoms with E-state index in [2.05, 4.69) is 19.9 Å². The lowest BCUT2D eigenvalue weighted by Gasteiger charge is -2.23. The number of esters is 1. The molecule has 0 N–H and O–H groups in total. The van der Waals surface area contributed by atoms with E-state index in [0.29, 0.717) is 17.5 Å². The summed E-state index contributed by atoms with van der Waals surface area (Å²) in [5.74, 6) is -0.444. The van der Waals surface area contributed by atoms with Crippen LogP contribution in [-0.4, -0.2) is 18.4 Å². The lowest BCUT2D eigenvalue weighted by molar-refractivity contribution is -0.149. The summed E-state index contributed by atoms with van der Waals surface area (Å²) in [5.41, 5.74) is 2.92. The van der Waals surface area contributed by atoms with Crippen molar-refractivity contribution in [3.05, 3.63) is 64.7 Å². The minimum atomic E-state index is -0.435. The Morgan fingerprint density at radius 2 is 1.93 bits per heavy atom. The number of hydrogen-bond acceptors (Lipinski definition) is 3. The Kier molecular flexibility index (Phi) is 6.17. The van der Waals surface area contributed by atoms with Crippen molar-refractivity contribution in [3.8, 4) is 0 Å². The van der Waals surface area contributed by atoms with E-state index in [-0.39, 0.29) is 24.9 Å². The first-order chi connectivity index (χ1) is 13.0. The summed E-state index contributed by atoms with van der Waals surface area (Å²) in [6, 6.07) is 15.1. The number of hydrogen-bond donors (Lipinski definition) is 0. The minimum Gasteiger partial charge on any atom is -0.461 e.